The summed E-state index contributed by atoms with van der Waals surface area (Å²) in [7, 11) is 0. The van der Waals surface area contributed by atoms with E-state index in [0.717, 1.165) is 22.2 Å². The lowest BCUT2D eigenvalue weighted by atomic mass is 9.91. The fourth-order valence-electron chi connectivity index (χ4n) is 2.17. The van der Waals surface area contributed by atoms with Crippen molar-refractivity contribution in [2.24, 2.45) is 5.73 Å². The maximum atomic E-state index is 14.0. The highest BCUT2D eigenvalue weighted by atomic mass is 35.5. The maximum absolute atomic E-state index is 14.0. The molecule has 0 bridgehead atoms. The van der Waals surface area contributed by atoms with Crippen LogP contribution in [0.15, 0.2) is 27.7 Å². The average Bonchev–Trinajstić information content (AvgIpc) is 2.79. The van der Waals surface area contributed by atoms with Gasteiger partial charge in [0.1, 0.15) is 12.0 Å². The van der Waals surface area contributed by atoms with E-state index in [2.05, 4.69) is 9.52 Å². The molecule has 5 nitrogen and oxygen atoms in total. The van der Waals surface area contributed by atoms with Gasteiger partial charge in [-0.1, -0.05) is 13.0 Å². The highest BCUT2D eigenvalue weighted by Gasteiger charge is 2.24. The lowest BCUT2D eigenvalue weighted by Crippen LogP contribution is -2.32. The van der Waals surface area contributed by atoms with Crippen molar-refractivity contribution in [1.29, 1.82) is 0 Å². The van der Waals surface area contributed by atoms with Crippen molar-refractivity contribution < 1.29 is 8.81 Å². The van der Waals surface area contributed by atoms with Crippen LogP contribution in [0.4, 0.5) is 4.39 Å². The Morgan fingerprint density at radius 1 is 1.40 bits per heavy atom. The molecule has 0 spiro atoms. The fraction of sp³-hybridized carbons (Fsp3) is 0.385. The third kappa shape index (κ3) is 2.76. The summed E-state index contributed by atoms with van der Waals surface area (Å²) in [5.41, 5.74) is 8.29. The first-order valence-corrected chi connectivity index (χ1v) is 5.97. The molecule has 1 aromatic heterocycles. The van der Waals surface area contributed by atoms with Gasteiger partial charge >= 0.3 is 5.76 Å². The van der Waals surface area contributed by atoms with E-state index in [1.807, 2.05) is 13.8 Å². The number of nitrogens with zero attached hydrogens (tertiary/aromatic N) is 2. The third-order valence-corrected chi connectivity index (χ3v) is 3.49. The smallest absolute Gasteiger partial charge is 0.395 e. The normalized spacial score (nSPS) is 13.7. The summed E-state index contributed by atoms with van der Waals surface area (Å²) in [6.07, 6.45) is 0.246. The number of nitrogens with two attached hydrogens (primary N) is 1. The van der Waals surface area contributed by atoms with Crippen molar-refractivity contribution >= 4 is 12.4 Å². The van der Waals surface area contributed by atoms with Crippen LogP contribution in [0.25, 0.3) is 0 Å². The van der Waals surface area contributed by atoms with E-state index in [0.29, 0.717) is 5.56 Å². The first kappa shape index (κ1) is 16.4. The third-order valence-electron chi connectivity index (χ3n) is 3.49. The van der Waals surface area contributed by atoms with Crippen LogP contribution in [0.2, 0.25) is 0 Å². The molecule has 0 radical (unpaired) electrons. The largest absolute Gasteiger partial charge is 0.438 e. The minimum absolute atomic E-state index is 0. The standard InChI is InChI=1S/C13H16FN3O2.ClH/c1-7-4-5-10(14)11(8(7)2)9(3)12(15)17-13(18)19-6-16-17;/h4-6,9,12H,15H2,1-3H3;1H/t9-,12+;/m1./s1. The van der Waals surface area contributed by atoms with Gasteiger partial charge in [-0.2, -0.15) is 4.68 Å². The molecule has 0 saturated heterocycles. The van der Waals surface area contributed by atoms with E-state index >= 15 is 0 Å². The molecule has 1 heterocycles. The van der Waals surface area contributed by atoms with Crippen LogP contribution >= 0.6 is 12.4 Å². The van der Waals surface area contributed by atoms with Gasteiger partial charge in [0.2, 0.25) is 6.39 Å². The topological polar surface area (TPSA) is 74.1 Å². The van der Waals surface area contributed by atoms with Gasteiger partial charge < -0.3 is 10.2 Å². The monoisotopic (exact) mass is 301 g/mol. The first-order chi connectivity index (χ1) is 8.93. The quantitative estimate of drug-likeness (QED) is 0.944. The Hall–Kier alpha value is -1.66. The Morgan fingerprint density at radius 2 is 2.05 bits per heavy atom. The number of hydrogen-bond acceptors (Lipinski definition) is 4. The lowest BCUT2D eigenvalue weighted by molar-refractivity contribution is 0.365. The Bertz CT molecular complexity index is 653. The van der Waals surface area contributed by atoms with Crippen LogP contribution in [-0.2, 0) is 0 Å². The zero-order valence-corrected chi connectivity index (χ0v) is 12.3. The molecule has 20 heavy (non-hydrogen) atoms. The van der Waals surface area contributed by atoms with E-state index in [1.54, 1.807) is 13.0 Å². The summed E-state index contributed by atoms with van der Waals surface area (Å²) in [6.45, 7) is 5.50. The Morgan fingerprint density at radius 3 is 2.60 bits per heavy atom. The summed E-state index contributed by atoms with van der Waals surface area (Å²) in [5.74, 6) is -1.38. The minimum atomic E-state index is -0.777. The molecule has 0 amide bonds. The highest BCUT2D eigenvalue weighted by Crippen LogP contribution is 2.30. The van der Waals surface area contributed by atoms with Crippen molar-refractivity contribution in [2.75, 3.05) is 0 Å². The van der Waals surface area contributed by atoms with Crippen LogP contribution in [0, 0.1) is 19.7 Å². The SMILES string of the molecule is Cc1ccc(F)c([C@@H](C)[C@@H](N)n2ncoc2=O)c1C.Cl. The van der Waals surface area contributed by atoms with Crippen molar-refractivity contribution in [3.8, 4) is 0 Å². The summed E-state index contributed by atoms with van der Waals surface area (Å²) in [5, 5.41) is 3.73. The van der Waals surface area contributed by atoms with Crippen molar-refractivity contribution in [3.63, 3.8) is 0 Å². The van der Waals surface area contributed by atoms with E-state index in [1.165, 1.54) is 6.07 Å². The van der Waals surface area contributed by atoms with Gasteiger partial charge in [-0.25, -0.2) is 9.18 Å². The second kappa shape index (κ2) is 6.19. The summed E-state index contributed by atoms with van der Waals surface area (Å²) in [6, 6.07) is 3.13. The molecule has 0 aliphatic rings. The molecule has 110 valence electrons. The molecule has 0 unspecified atom stereocenters. The zero-order valence-electron chi connectivity index (χ0n) is 11.5. The van der Waals surface area contributed by atoms with Crippen LogP contribution in [0.3, 0.4) is 0 Å². The molecular weight excluding hydrogens is 285 g/mol. The van der Waals surface area contributed by atoms with Crippen LogP contribution in [0.5, 0.6) is 0 Å². The second-order valence-electron chi connectivity index (χ2n) is 4.63. The molecule has 2 rings (SSSR count). The van der Waals surface area contributed by atoms with Crippen LogP contribution < -0.4 is 11.5 Å². The molecule has 2 aromatic rings. The maximum Gasteiger partial charge on any atom is 0.438 e. The van der Waals surface area contributed by atoms with Crippen molar-refractivity contribution in [2.45, 2.75) is 32.9 Å². The van der Waals surface area contributed by atoms with E-state index in [4.69, 9.17) is 5.73 Å². The van der Waals surface area contributed by atoms with Crippen LogP contribution in [0.1, 0.15) is 35.7 Å². The predicted octanol–water partition coefficient (Wildman–Crippen LogP) is 2.28. The molecule has 1 aromatic carbocycles. The number of rotatable bonds is 3. The summed E-state index contributed by atoms with van der Waals surface area (Å²) < 4.78 is 19.6. The van der Waals surface area contributed by atoms with E-state index < -0.39 is 17.8 Å². The van der Waals surface area contributed by atoms with Gasteiger partial charge in [-0.15, -0.1) is 17.5 Å². The van der Waals surface area contributed by atoms with Crippen LogP contribution in [-0.4, -0.2) is 9.78 Å². The zero-order chi connectivity index (χ0) is 14.2. The number of aryl methyl sites for hydroxylation is 1. The Kier molecular flexibility index (Phi) is 5.08. The molecule has 0 aliphatic carbocycles. The number of aromatic nitrogens is 2. The second-order valence-corrected chi connectivity index (χ2v) is 4.63. The predicted molar refractivity (Wildman–Crippen MR) is 75.5 cm³/mol. The van der Waals surface area contributed by atoms with Gasteiger partial charge in [-0.05, 0) is 36.6 Å². The van der Waals surface area contributed by atoms with Gasteiger partial charge in [0, 0.05) is 5.92 Å². The van der Waals surface area contributed by atoms with Crippen molar-refractivity contribution in [3.05, 3.63) is 51.6 Å². The molecular formula is C13H17ClFN3O2. The number of benzene rings is 1. The average molecular weight is 302 g/mol. The molecule has 0 saturated carbocycles. The van der Waals surface area contributed by atoms with Gasteiger partial charge in [0.15, 0.2) is 0 Å². The molecule has 2 atom stereocenters. The summed E-state index contributed by atoms with van der Waals surface area (Å²) >= 11 is 0. The Labute approximate surface area is 122 Å². The van der Waals surface area contributed by atoms with Gasteiger partial charge in [0.05, 0.1) is 0 Å². The summed E-state index contributed by atoms with van der Waals surface area (Å²) in [4.78, 5) is 11.4. The molecule has 0 fully saturated rings. The minimum Gasteiger partial charge on any atom is -0.395 e. The first-order valence-electron chi connectivity index (χ1n) is 5.97. The van der Waals surface area contributed by atoms with Gasteiger partial charge in [-0.3, -0.25) is 0 Å². The molecule has 7 heteroatoms. The highest BCUT2D eigenvalue weighted by molar-refractivity contribution is 5.85. The molecule has 2 N–H and O–H groups in total. The van der Waals surface area contributed by atoms with Gasteiger partial charge in [0.25, 0.3) is 0 Å². The van der Waals surface area contributed by atoms with E-state index in [-0.39, 0.29) is 18.2 Å². The molecule has 0 aliphatic heterocycles. The van der Waals surface area contributed by atoms with E-state index in [9.17, 15) is 9.18 Å². The number of halogens is 2. The fourth-order valence-corrected chi connectivity index (χ4v) is 2.17. The lowest BCUT2D eigenvalue weighted by Gasteiger charge is -2.22. The van der Waals surface area contributed by atoms with Crippen molar-refractivity contribution in [1.82, 2.24) is 9.78 Å². The number of hydrogen-bond donors (Lipinski definition) is 1. The Balaban J connectivity index is 0.00000200.